The Bertz CT molecular complexity index is 1640. The normalized spacial score (nSPS) is 13.3. The summed E-state index contributed by atoms with van der Waals surface area (Å²) in [5, 5.41) is 0. The molecule has 6 heteroatoms. The van der Waals surface area contributed by atoms with E-state index in [-0.39, 0.29) is 44.0 Å². The smallest absolute Gasteiger partial charge is 0.306 e. The Kier molecular flexibility index (Phi) is 53.6. The van der Waals surface area contributed by atoms with Crippen LogP contribution in [0.4, 0.5) is 0 Å². The van der Waals surface area contributed by atoms with Crippen LogP contribution in [-0.2, 0) is 28.6 Å². The van der Waals surface area contributed by atoms with Gasteiger partial charge in [0.15, 0.2) is 6.10 Å². The maximum absolute atomic E-state index is 12.9. The van der Waals surface area contributed by atoms with Crippen LogP contribution >= 0.6 is 0 Å². The molecule has 0 aliphatic carbocycles. The summed E-state index contributed by atoms with van der Waals surface area (Å²) in [5.41, 5.74) is 0. The van der Waals surface area contributed by atoms with Crippen LogP contribution in [0.25, 0.3) is 0 Å². The summed E-state index contributed by atoms with van der Waals surface area (Å²) in [4.78, 5) is 38.1. The SMILES string of the molecule is CCC\C=C/C=C\C=C/C=C\C=C/CCCCCCCC(=O)OCC(COC(=O)CCC/C=C\C/C=C\C/C=C\CCCCCCCC)OC(=O)CCCCCCC\C=C/C=C\C=C/C=C\C=C/CCC. The third-order valence-corrected chi connectivity index (χ3v) is 11.2. The second kappa shape index (κ2) is 57.6. The van der Waals surface area contributed by atoms with Crippen LogP contribution in [0.3, 0.4) is 0 Å². The molecule has 0 saturated heterocycles. The van der Waals surface area contributed by atoms with E-state index in [0.29, 0.717) is 12.8 Å². The first-order valence-corrected chi connectivity index (χ1v) is 28.1. The van der Waals surface area contributed by atoms with Gasteiger partial charge in [-0.15, -0.1) is 0 Å². The van der Waals surface area contributed by atoms with Gasteiger partial charge in [0.05, 0.1) is 0 Å². The second-order valence-electron chi connectivity index (χ2n) is 18.0. The van der Waals surface area contributed by atoms with Crippen molar-refractivity contribution >= 4 is 17.9 Å². The second-order valence-corrected chi connectivity index (χ2v) is 18.0. The molecular weight excluding hydrogens is 877 g/mol. The summed E-state index contributed by atoms with van der Waals surface area (Å²) in [5.74, 6) is -1.04. The summed E-state index contributed by atoms with van der Waals surface area (Å²) < 4.78 is 16.8. The fourth-order valence-corrected chi connectivity index (χ4v) is 6.99. The van der Waals surface area contributed by atoms with E-state index in [1.54, 1.807) is 0 Å². The lowest BCUT2D eigenvalue weighted by Gasteiger charge is -2.18. The van der Waals surface area contributed by atoms with Crippen molar-refractivity contribution in [3.63, 3.8) is 0 Å². The Morgan fingerprint density at radius 3 is 1.03 bits per heavy atom. The van der Waals surface area contributed by atoms with Crippen LogP contribution in [0.5, 0.6) is 0 Å². The number of hydrogen-bond acceptors (Lipinski definition) is 6. The van der Waals surface area contributed by atoms with Gasteiger partial charge in [-0.05, 0) is 89.9 Å². The van der Waals surface area contributed by atoms with Gasteiger partial charge in [0, 0.05) is 19.3 Å². The van der Waals surface area contributed by atoms with E-state index >= 15 is 0 Å². The number of allylic oxidation sites excluding steroid dienone is 26. The summed E-state index contributed by atoms with van der Waals surface area (Å²) in [6.07, 6.45) is 83.6. The van der Waals surface area contributed by atoms with Gasteiger partial charge >= 0.3 is 17.9 Å². The van der Waals surface area contributed by atoms with Gasteiger partial charge in [0.2, 0.25) is 0 Å². The first-order chi connectivity index (χ1) is 35.0. The van der Waals surface area contributed by atoms with E-state index < -0.39 is 6.10 Å². The van der Waals surface area contributed by atoms with Gasteiger partial charge < -0.3 is 14.2 Å². The minimum Gasteiger partial charge on any atom is -0.462 e. The molecule has 0 bridgehead atoms. The van der Waals surface area contributed by atoms with E-state index in [0.717, 1.165) is 109 Å². The summed E-state index contributed by atoms with van der Waals surface area (Å²) in [7, 11) is 0. The van der Waals surface area contributed by atoms with Crippen molar-refractivity contribution in [1.29, 1.82) is 0 Å². The highest BCUT2D eigenvalue weighted by Gasteiger charge is 2.19. The number of esters is 3. The van der Waals surface area contributed by atoms with Crippen LogP contribution < -0.4 is 0 Å². The first kappa shape index (κ1) is 66.0. The van der Waals surface area contributed by atoms with Crippen LogP contribution in [0.2, 0.25) is 0 Å². The van der Waals surface area contributed by atoms with Crippen LogP contribution in [-0.4, -0.2) is 37.2 Å². The largest absolute Gasteiger partial charge is 0.462 e. The Hall–Kier alpha value is -4.97. The number of hydrogen-bond donors (Lipinski definition) is 0. The topological polar surface area (TPSA) is 78.9 Å². The van der Waals surface area contributed by atoms with Crippen LogP contribution in [0.1, 0.15) is 213 Å². The third-order valence-electron chi connectivity index (χ3n) is 11.2. The molecule has 0 spiro atoms. The van der Waals surface area contributed by atoms with Crippen molar-refractivity contribution in [2.45, 2.75) is 219 Å². The van der Waals surface area contributed by atoms with Gasteiger partial charge in [-0.1, -0.05) is 262 Å². The molecule has 0 N–H and O–H groups in total. The van der Waals surface area contributed by atoms with Crippen molar-refractivity contribution < 1.29 is 28.6 Å². The van der Waals surface area contributed by atoms with E-state index in [9.17, 15) is 14.4 Å². The molecule has 0 aliphatic heterocycles. The predicted octanol–water partition coefficient (Wildman–Crippen LogP) is 19.0. The van der Waals surface area contributed by atoms with E-state index in [2.05, 4.69) is 106 Å². The molecule has 0 aromatic carbocycles. The van der Waals surface area contributed by atoms with Gasteiger partial charge in [-0.3, -0.25) is 14.4 Å². The summed E-state index contributed by atoms with van der Waals surface area (Å²) >= 11 is 0. The van der Waals surface area contributed by atoms with Gasteiger partial charge in [0.1, 0.15) is 13.2 Å². The molecular formula is C65H100O6. The monoisotopic (exact) mass is 977 g/mol. The molecule has 71 heavy (non-hydrogen) atoms. The molecule has 0 heterocycles. The van der Waals surface area contributed by atoms with Crippen molar-refractivity contribution in [2.75, 3.05) is 13.2 Å². The standard InChI is InChI=1S/C65H100O6/c1-4-7-10-13-16-19-22-25-28-31-34-37-40-43-46-49-52-55-58-64(67)70-61-62(60-69-63(66)57-54-51-48-45-42-39-36-33-30-27-24-21-18-15-12-9-6-3)71-65(68)59-56-53-50-47-44-41-38-35-32-29-26-23-20-17-14-11-8-5-2/h10-11,13-14,16-17,19-20,22-23,25-32,34-39,45,48,62H,4-9,12,15,18,21,24,33,40-44,46-47,49-61H2,1-3H3/b13-10-,14-11-,19-16-,20-17-,25-22-,26-23-,30-27-,31-28-,32-29-,37-34-,38-35-,39-36-,48-45-. The molecule has 396 valence electrons. The van der Waals surface area contributed by atoms with Crippen molar-refractivity contribution in [3.05, 3.63) is 158 Å². The maximum atomic E-state index is 12.9. The maximum Gasteiger partial charge on any atom is 0.306 e. The number of rotatable bonds is 48. The van der Waals surface area contributed by atoms with Gasteiger partial charge in [-0.2, -0.15) is 0 Å². The lowest BCUT2D eigenvalue weighted by Crippen LogP contribution is -2.30. The molecule has 0 aromatic rings. The molecule has 0 rings (SSSR count). The van der Waals surface area contributed by atoms with Crippen molar-refractivity contribution in [2.24, 2.45) is 0 Å². The Morgan fingerprint density at radius 2 is 0.606 bits per heavy atom. The highest BCUT2D eigenvalue weighted by molar-refractivity contribution is 5.71. The third kappa shape index (κ3) is 55.8. The zero-order valence-electron chi connectivity index (χ0n) is 45.2. The van der Waals surface area contributed by atoms with E-state index in [4.69, 9.17) is 14.2 Å². The van der Waals surface area contributed by atoms with Crippen molar-refractivity contribution in [1.82, 2.24) is 0 Å². The Balaban J connectivity index is 4.62. The van der Waals surface area contributed by atoms with Crippen LogP contribution in [0.15, 0.2) is 158 Å². The average molecular weight is 978 g/mol. The number of carbonyl (C=O) groups is 3. The number of ether oxygens (including phenoxy) is 3. The summed E-state index contributed by atoms with van der Waals surface area (Å²) in [6, 6.07) is 0. The highest BCUT2D eigenvalue weighted by Crippen LogP contribution is 2.12. The average Bonchev–Trinajstić information content (AvgIpc) is 3.37. The fraction of sp³-hybridized carbons (Fsp3) is 0.554. The quantitative estimate of drug-likeness (QED) is 0.0199. The minimum absolute atomic E-state index is 0.126. The molecule has 0 aromatic heterocycles. The molecule has 1 unspecified atom stereocenters. The highest BCUT2D eigenvalue weighted by atomic mass is 16.6. The zero-order chi connectivity index (χ0) is 51.4. The molecule has 0 saturated carbocycles. The molecule has 0 fully saturated rings. The van der Waals surface area contributed by atoms with Gasteiger partial charge in [-0.25, -0.2) is 0 Å². The number of carbonyl (C=O) groups excluding carboxylic acids is 3. The minimum atomic E-state index is -0.832. The van der Waals surface area contributed by atoms with E-state index in [1.165, 1.54) is 57.8 Å². The first-order valence-electron chi connectivity index (χ1n) is 28.1. The van der Waals surface area contributed by atoms with Crippen molar-refractivity contribution in [3.8, 4) is 0 Å². The molecule has 0 amide bonds. The summed E-state index contributed by atoms with van der Waals surface area (Å²) in [6.45, 7) is 6.35. The van der Waals surface area contributed by atoms with Gasteiger partial charge in [0.25, 0.3) is 0 Å². The van der Waals surface area contributed by atoms with E-state index in [1.807, 2.05) is 72.9 Å². The predicted molar refractivity (Wildman–Crippen MR) is 306 cm³/mol. The molecule has 1 atom stereocenters. The lowest BCUT2D eigenvalue weighted by atomic mass is 10.1. The Morgan fingerprint density at radius 1 is 0.296 bits per heavy atom. The Labute approximate surface area is 435 Å². The zero-order valence-corrected chi connectivity index (χ0v) is 45.2. The molecule has 0 aliphatic rings. The lowest BCUT2D eigenvalue weighted by molar-refractivity contribution is -0.167. The van der Waals surface area contributed by atoms with Crippen LogP contribution in [0, 0.1) is 0 Å². The fourth-order valence-electron chi connectivity index (χ4n) is 6.99. The molecule has 6 nitrogen and oxygen atoms in total. The molecule has 0 radical (unpaired) electrons. The number of unbranched alkanes of at least 4 members (excludes halogenated alkanes) is 19.